The highest BCUT2D eigenvalue weighted by atomic mass is 32.2. The van der Waals surface area contributed by atoms with Crippen LogP contribution in [0.3, 0.4) is 0 Å². The number of sulfone groups is 1. The fraction of sp³-hybridized carbons (Fsp3) is 0.355. The van der Waals surface area contributed by atoms with Crippen LogP contribution in [0.2, 0.25) is 0 Å². The lowest BCUT2D eigenvalue weighted by molar-refractivity contribution is 0.169. The summed E-state index contributed by atoms with van der Waals surface area (Å²) in [6, 6.07) is 14.8. The summed E-state index contributed by atoms with van der Waals surface area (Å²) in [5.74, 6) is -0.0384. The molecule has 3 aromatic carbocycles. The van der Waals surface area contributed by atoms with Gasteiger partial charge in [-0.1, -0.05) is 25.1 Å². The molecule has 9 heteroatoms. The van der Waals surface area contributed by atoms with Crippen molar-refractivity contribution in [3.63, 3.8) is 0 Å². The summed E-state index contributed by atoms with van der Waals surface area (Å²) in [7, 11) is -3.65. The molecule has 212 valence electrons. The van der Waals surface area contributed by atoms with Crippen LogP contribution in [-0.2, 0) is 9.84 Å². The monoisotopic (exact) mass is 567 g/mol. The predicted octanol–water partition coefficient (Wildman–Crippen LogP) is 5.81. The third-order valence-corrected chi connectivity index (χ3v) is 8.94. The Bertz CT molecular complexity index is 1570. The van der Waals surface area contributed by atoms with Crippen molar-refractivity contribution in [3.8, 4) is 23.0 Å². The number of ether oxygens (including phenoxy) is 2. The zero-order valence-electron chi connectivity index (χ0n) is 23.0. The van der Waals surface area contributed by atoms with Gasteiger partial charge in [-0.2, -0.15) is 0 Å². The van der Waals surface area contributed by atoms with Crippen LogP contribution in [0.15, 0.2) is 59.5 Å². The van der Waals surface area contributed by atoms with E-state index in [-0.39, 0.29) is 16.2 Å². The predicted molar refractivity (Wildman–Crippen MR) is 152 cm³/mol. The Labute approximate surface area is 234 Å². The molecule has 0 aromatic heterocycles. The van der Waals surface area contributed by atoms with Crippen LogP contribution in [0.1, 0.15) is 50.0 Å². The van der Waals surface area contributed by atoms with Crippen molar-refractivity contribution in [2.24, 2.45) is 5.92 Å². The van der Waals surface area contributed by atoms with E-state index in [4.69, 9.17) is 9.47 Å². The Balaban J connectivity index is 1.48. The number of aromatic hydroxyl groups is 2. The molecule has 1 saturated heterocycles. The minimum absolute atomic E-state index is 0.114. The van der Waals surface area contributed by atoms with Gasteiger partial charge in [0.1, 0.15) is 34.9 Å². The first-order valence-corrected chi connectivity index (χ1v) is 15.2. The number of phenolic OH excluding ortho intramolecular Hbond substituents is 2. The molecule has 2 heterocycles. The second-order valence-corrected chi connectivity index (χ2v) is 12.9. The normalized spacial score (nSPS) is 20.2. The number of rotatable bonds is 7. The van der Waals surface area contributed by atoms with Crippen molar-refractivity contribution < 1.29 is 32.5 Å². The first-order chi connectivity index (χ1) is 18.9. The van der Waals surface area contributed by atoms with Gasteiger partial charge in [0.25, 0.3) is 0 Å². The van der Waals surface area contributed by atoms with E-state index < -0.39 is 33.3 Å². The molecule has 0 bridgehead atoms. The number of hydrogen-bond donors (Lipinski definition) is 2. The Kier molecular flexibility index (Phi) is 7.54. The molecule has 40 heavy (non-hydrogen) atoms. The molecule has 0 aliphatic carbocycles. The van der Waals surface area contributed by atoms with Gasteiger partial charge in [-0.15, -0.1) is 0 Å². The molecular weight excluding hydrogens is 533 g/mol. The van der Waals surface area contributed by atoms with E-state index in [0.29, 0.717) is 41.0 Å². The molecule has 0 amide bonds. The highest BCUT2D eigenvalue weighted by Gasteiger charge is 2.33. The van der Waals surface area contributed by atoms with E-state index in [1.807, 2.05) is 24.3 Å². The molecule has 2 aliphatic rings. The number of halogens is 1. The Morgan fingerprint density at radius 1 is 1.10 bits per heavy atom. The Hall–Kier alpha value is -3.56. The van der Waals surface area contributed by atoms with Crippen LogP contribution in [0.5, 0.6) is 23.0 Å². The second kappa shape index (κ2) is 10.8. The van der Waals surface area contributed by atoms with E-state index in [1.54, 1.807) is 13.0 Å². The van der Waals surface area contributed by atoms with Crippen molar-refractivity contribution in [1.29, 1.82) is 0 Å². The molecule has 2 aliphatic heterocycles. The summed E-state index contributed by atoms with van der Waals surface area (Å²) in [6.07, 6.45) is 1.53. The Morgan fingerprint density at radius 3 is 2.45 bits per heavy atom. The third-order valence-electron chi connectivity index (χ3n) is 7.79. The van der Waals surface area contributed by atoms with Gasteiger partial charge in [0.2, 0.25) is 0 Å². The van der Waals surface area contributed by atoms with Gasteiger partial charge in [-0.3, -0.25) is 4.90 Å². The largest absolute Gasteiger partial charge is 0.507 e. The van der Waals surface area contributed by atoms with Crippen LogP contribution in [-0.4, -0.2) is 55.5 Å². The fourth-order valence-corrected chi connectivity index (χ4v) is 6.30. The Morgan fingerprint density at radius 2 is 1.82 bits per heavy atom. The molecule has 0 saturated carbocycles. The summed E-state index contributed by atoms with van der Waals surface area (Å²) in [5, 5.41) is 20.6. The lowest BCUT2D eigenvalue weighted by Crippen LogP contribution is -2.35. The quantitative estimate of drug-likeness (QED) is 0.372. The van der Waals surface area contributed by atoms with Gasteiger partial charge in [0.05, 0.1) is 5.56 Å². The van der Waals surface area contributed by atoms with Crippen LogP contribution < -0.4 is 9.47 Å². The van der Waals surface area contributed by atoms with Crippen molar-refractivity contribution in [2.75, 3.05) is 26.0 Å². The van der Waals surface area contributed by atoms with Crippen LogP contribution >= 0.6 is 0 Å². The highest BCUT2D eigenvalue weighted by Crippen LogP contribution is 2.49. The number of fused-ring (bicyclic) bond motifs is 1. The first kappa shape index (κ1) is 28.0. The number of allylic oxidation sites excluding steroid dienone is 1. The number of benzene rings is 3. The number of hydrogen-bond acceptors (Lipinski definition) is 7. The molecule has 0 spiro atoms. The molecule has 0 radical (unpaired) electrons. The SMILES string of the molecule is CC1=C(c2ccc(S(C)(=O)=O)c(O)c2)C(c2ccc(OC[C@H](C)N3CC[C@@H](C)C3)cc2)Oc2ccc(O)c(F)c21. The van der Waals surface area contributed by atoms with Crippen molar-refractivity contribution in [2.45, 2.75) is 44.2 Å². The van der Waals surface area contributed by atoms with E-state index in [9.17, 15) is 18.6 Å². The van der Waals surface area contributed by atoms with E-state index in [0.717, 1.165) is 24.9 Å². The summed E-state index contributed by atoms with van der Waals surface area (Å²) < 4.78 is 51.6. The van der Waals surface area contributed by atoms with E-state index in [1.165, 1.54) is 30.7 Å². The summed E-state index contributed by atoms with van der Waals surface area (Å²) >= 11 is 0. The molecule has 3 atom stereocenters. The average molecular weight is 568 g/mol. The molecule has 1 fully saturated rings. The zero-order chi connectivity index (χ0) is 28.8. The lowest BCUT2D eigenvalue weighted by Gasteiger charge is -2.31. The van der Waals surface area contributed by atoms with E-state index >= 15 is 4.39 Å². The summed E-state index contributed by atoms with van der Waals surface area (Å²) in [6.45, 7) is 8.88. The van der Waals surface area contributed by atoms with Gasteiger partial charge < -0.3 is 19.7 Å². The van der Waals surface area contributed by atoms with Crippen LogP contribution in [0.4, 0.5) is 4.39 Å². The minimum atomic E-state index is -3.65. The zero-order valence-corrected chi connectivity index (χ0v) is 23.8. The molecular formula is C31H34FNO6S. The summed E-state index contributed by atoms with van der Waals surface area (Å²) in [5.41, 5.74) is 2.38. The lowest BCUT2D eigenvalue weighted by atomic mass is 9.86. The van der Waals surface area contributed by atoms with Gasteiger partial charge >= 0.3 is 0 Å². The number of nitrogens with zero attached hydrogens (tertiary/aromatic N) is 1. The summed E-state index contributed by atoms with van der Waals surface area (Å²) in [4.78, 5) is 2.24. The average Bonchev–Trinajstić information content (AvgIpc) is 3.35. The maximum Gasteiger partial charge on any atom is 0.179 e. The standard InChI is InChI=1S/C31H34FNO6S/c1-18-13-14-33(16-18)19(2)17-38-23-8-5-21(6-9-23)31-28(22-7-12-27(25(35)15-22)40(4,36)37)20(3)29-26(39-31)11-10-24(34)30(29)32/h5-12,15,18-19,31,34-35H,13-14,16-17H2,1-4H3/t18-,19+,31?/m1/s1. The second-order valence-electron chi connectivity index (χ2n) is 10.9. The van der Waals surface area contributed by atoms with Gasteiger partial charge in [-0.05, 0) is 85.8 Å². The molecule has 5 rings (SSSR count). The van der Waals surface area contributed by atoms with Crippen LogP contribution in [0.25, 0.3) is 11.1 Å². The van der Waals surface area contributed by atoms with Crippen molar-refractivity contribution in [1.82, 2.24) is 4.90 Å². The topological polar surface area (TPSA) is 96.3 Å². The minimum Gasteiger partial charge on any atom is -0.507 e. The molecule has 3 aromatic rings. The van der Waals surface area contributed by atoms with Crippen molar-refractivity contribution >= 4 is 21.0 Å². The maximum atomic E-state index is 15.1. The number of phenols is 2. The van der Waals surface area contributed by atoms with Gasteiger partial charge in [0, 0.05) is 24.4 Å². The molecule has 2 N–H and O–H groups in total. The maximum absolute atomic E-state index is 15.1. The first-order valence-electron chi connectivity index (χ1n) is 13.3. The number of likely N-dealkylation sites (tertiary alicyclic amines) is 1. The highest BCUT2D eigenvalue weighted by molar-refractivity contribution is 7.90. The third kappa shape index (κ3) is 5.40. The fourth-order valence-electron chi connectivity index (χ4n) is 5.54. The molecule has 7 nitrogen and oxygen atoms in total. The van der Waals surface area contributed by atoms with E-state index in [2.05, 4.69) is 18.7 Å². The van der Waals surface area contributed by atoms with Crippen molar-refractivity contribution in [3.05, 3.63) is 77.1 Å². The molecule has 1 unspecified atom stereocenters. The van der Waals surface area contributed by atoms with Gasteiger partial charge in [0.15, 0.2) is 21.4 Å². The van der Waals surface area contributed by atoms with Crippen LogP contribution in [0, 0.1) is 11.7 Å². The smallest absolute Gasteiger partial charge is 0.179 e. The van der Waals surface area contributed by atoms with Gasteiger partial charge in [-0.25, -0.2) is 12.8 Å².